The van der Waals surface area contributed by atoms with E-state index in [9.17, 15) is 8.42 Å². The van der Waals surface area contributed by atoms with E-state index in [4.69, 9.17) is 0 Å². The number of hydrogen-bond donors (Lipinski definition) is 1. The van der Waals surface area contributed by atoms with Crippen LogP contribution in [-0.4, -0.2) is 8.42 Å². The molecule has 0 heterocycles. The summed E-state index contributed by atoms with van der Waals surface area (Å²) in [5.41, 5.74) is 4.83. The molecule has 0 radical (unpaired) electrons. The molecule has 0 spiro atoms. The van der Waals surface area contributed by atoms with Gasteiger partial charge in [-0.25, -0.2) is 13.1 Å². The minimum atomic E-state index is -3.49. The van der Waals surface area contributed by atoms with Crippen molar-refractivity contribution in [3.05, 3.63) is 64.7 Å². The standard InChI is InChI=1S/C18H21NO2S/c1-13-6-10-18(11-7-13)22(20,21)19-14(2)16-9-8-15-4-3-5-17(15)12-16/h6-12,14,19H,3-5H2,1-2H3/t14-/m1/s1. The normalized spacial score (nSPS) is 15.5. The van der Waals surface area contributed by atoms with Crippen molar-refractivity contribution >= 4 is 10.0 Å². The second kappa shape index (κ2) is 5.86. The van der Waals surface area contributed by atoms with Gasteiger partial charge in [0.05, 0.1) is 4.90 Å². The number of benzene rings is 2. The number of fused-ring (bicyclic) bond motifs is 1. The summed E-state index contributed by atoms with van der Waals surface area (Å²) in [5.74, 6) is 0. The Morgan fingerprint density at radius 2 is 1.68 bits per heavy atom. The summed E-state index contributed by atoms with van der Waals surface area (Å²) in [5, 5.41) is 0. The predicted octanol–water partition coefficient (Wildman–Crippen LogP) is 3.52. The smallest absolute Gasteiger partial charge is 0.207 e. The van der Waals surface area contributed by atoms with Crippen molar-refractivity contribution < 1.29 is 8.42 Å². The first-order valence-electron chi connectivity index (χ1n) is 7.66. The van der Waals surface area contributed by atoms with Crippen molar-refractivity contribution in [3.63, 3.8) is 0 Å². The fourth-order valence-corrected chi connectivity index (χ4v) is 4.18. The van der Waals surface area contributed by atoms with Crippen LogP contribution >= 0.6 is 0 Å². The van der Waals surface area contributed by atoms with E-state index in [1.807, 2.05) is 32.0 Å². The zero-order chi connectivity index (χ0) is 15.7. The second-order valence-corrected chi connectivity index (χ2v) is 7.75. The van der Waals surface area contributed by atoms with E-state index < -0.39 is 10.0 Å². The molecule has 3 nitrogen and oxygen atoms in total. The molecule has 1 N–H and O–H groups in total. The average Bonchev–Trinajstić information content (AvgIpc) is 2.94. The number of nitrogens with one attached hydrogen (secondary N) is 1. The highest BCUT2D eigenvalue weighted by molar-refractivity contribution is 7.89. The van der Waals surface area contributed by atoms with Gasteiger partial charge in [-0.3, -0.25) is 0 Å². The third-order valence-electron chi connectivity index (χ3n) is 4.29. The fraction of sp³-hybridized carbons (Fsp3) is 0.333. The SMILES string of the molecule is Cc1ccc(S(=O)(=O)N[C@H](C)c2ccc3c(c2)CCC3)cc1. The van der Waals surface area contributed by atoms with Crippen LogP contribution in [0.15, 0.2) is 47.4 Å². The Bertz CT molecular complexity index is 779. The maximum atomic E-state index is 12.4. The van der Waals surface area contributed by atoms with Crippen LogP contribution in [0.4, 0.5) is 0 Å². The average molecular weight is 315 g/mol. The second-order valence-electron chi connectivity index (χ2n) is 6.04. The highest BCUT2D eigenvalue weighted by Gasteiger charge is 2.19. The third kappa shape index (κ3) is 3.08. The van der Waals surface area contributed by atoms with Crippen LogP contribution in [0.25, 0.3) is 0 Å². The molecule has 22 heavy (non-hydrogen) atoms. The van der Waals surface area contributed by atoms with Gasteiger partial charge < -0.3 is 0 Å². The van der Waals surface area contributed by atoms with Crippen molar-refractivity contribution in [2.24, 2.45) is 0 Å². The van der Waals surface area contributed by atoms with Gasteiger partial charge in [0.1, 0.15) is 0 Å². The van der Waals surface area contributed by atoms with E-state index in [0.29, 0.717) is 4.90 Å². The fourth-order valence-electron chi connectivity index (χ4n) is 2.95. The molecule has 2 aromatic carbocycles. The van der Waals surface area contributed by atoms with E-state index in [2.05, 4.69) is 16.9 Å². The minimum Gasteiger partial charge on any atom is -0.207 e. The van der Waals surface area contributed by atoms with Crippen LogP contribution in [0.3, 0.4) is 0 Å². The Balaban J connectivity index is 1.81. The lowest BCUT2D eigenvalue weighted by molar-refractivity contribution is 0.567. The van der Waals surface area contributed by atoms with Gasteiger partial charge in [-0.15, -0.1) is 0 Å². The van der Waals surface area contributed by atoms with Crippen molar-refractivity contribution in [1.82, 2.24) is 4.72 Å². The largest absolute Gasteiger partial charge is 0.241 e. The van der Waals surface area contributed by atoms with Gasteiger partial charge in [0, 0.05) is 6.04 Å². The molecule has 0 aromatic heterocycles. The molecular weight excluding hydrogens is 294 g/mol. The van der Waals surface area contributed by atoms with Gasteiger partial charge in [-0.1, -0.05) is 35.9 Å². The predicted molar refractivity (Wildman–Crippen MR) is 88.4 cm³/mol. The van der Waals surface area contributed by atoms with Gasteiger partial charge in [0.15, 0.2) is 0 Å². The molecule has 4 heteroatoms. The lowest BCUT2D eigenvalue weighted by Crippen LogP contribution is -2.27. The van der Waals surface area contributed by atoms with Crippen LogP contribution in [0, 0.1) is 6.92 Å². The van der Waals surface area contributed by atoms with Crippen LogP contribution in [0.5, 0.6) is 0 Å². The van der Waals surface area contributed by atoms with Crippen molar-refractivity contribution in [3.8, 4) is 0 Å². The van der Waals surface area contributed by atoms with Gasteiger partial charge in [-0.2, -0.15) is 0 Å². The summed E-state index contributed by atoms with van der Waals surface area (Å²) < 4.78 is 27.7. The maximum absolute atomic E-state index is 12.4. The molecule has 0 fully saturated rings. The quantitative estimate of drug-likeness (QED) is 0.938. The Hall–Kier alpha value is -1.65. The van der Waals surface area contributed by atoms with Gasteiger partial charge in [0.25, 0.3) is 0 Å². The zero-order valence-corrected chi connectivity index (χ0v) is 13.8. The molecule has 0 saturated heterocycles. The highest BCUT2D eigenvalue weighted by Crippen LogP contribution is 2.26. The molecule has 0 bridgehead atoms. The molecule has 1 aliphatic rings. The molecule has 3 rings (SSSR count). The third-order valence-corrected chi connectivity index (χ3v) is 5.84. The molecule has 1 aliphatic carbocycles. The van der Waals surface area contributed by atoms with E-state index in [1.54, 1.807) is 12.1 Å². The van der Waals surface area contributed by atoms with Gasteiger partial charge >= 0.3 is 0 Å². The zero-order valence-electron chi connectivity index (χ0n) is 13.0. The Labute approximate surface area is 132 Å². The first-order chi connectivity index (χ1) is 10.5. The van der Waals surface area contributed by atoms with Crippen LogP contribution in [-0.2, 0) is 22.9 Å². The molecule has 1 atom stereocenters. The van der Waals surface area contributed by atoms with Gasteiger partial charge in [0.2, 0.25) is 10.0 Å². The summed E-state index contributed by atoms with van der Waals surface area (Å²) in [6, 6.07) is 13.0. The van der Waals surface area contributed by atoms with E-state index in [0.717, 1.165) is 24.0 Å². The lowest BCUT2D eigenvalue weighted by Gasteiger charge is -2.16. The first-order valence-corrected chi connectivity index (χ1v) is 9.15. The first kappa shape index (κ1) is 15.3. The Morgan fingerprint density at radius 3 is 2.41 bits per heavy atom. The lowest BCUT2D eigenvalue weighted by atomic mass is 10.0. The molecule has 0 saturated carbocycles. The number of aryl methyl sites for hydroxylation is 3. The van der Waals surface area contributed by atoms with E-state index in [1.165, 1.54) is 17.5 Å². The van der Waals surface area contributed by atoms with Crippen molar-refractivity contribution in [1.29, 1.82) is 0 Å². The molecule has 0 aliphatic heterocycles. The van der Waals surface area contributed by atoms with Crippen molar-refractivity contribution in [2.75, 3.05) is 0 Å². The topological polar surface area (TPSA) is 46.2 Å². The molecule has 2 aromatic rings. The molecule has 0 amide bonds. The summed E-state index contributed by atoms with van der Waals surface area (Å²) in [4.78, 5) is 0.311. The van der Waals surface area contributed by atoms with Crippen LogP contribution in [0.2, 0.25) is 0 Å². The summed E-state index contributed by atoms with van der Waals surface area (Å²) in [6.45, 7) is 3.83. The molecule has 0 unspecified atom stereocenters. The number of hydrogen-bond acceptors (Lipinski definition) is 2. The highest BCUT2D eigenvalue weighted by atomic mass is 32.2. The van der Waals surface area contributed by atoms with E-state index in [-0.39, 0.29) is 6.04 Å². The van der Waals surface area contributed by atoms with Crippen LogP contribution in [0.1, 0.15) is 41.6 Å². The van der Waals surface area contributed by atoms with Gasteiger partial charge in [-0.05, 0) is 61.9 Å². The Morgan fingerprint density at radius 1 is 1.00 bits per heavy atom. The molecule has 116 valence electrons. The summed E-state index contributed by atoms with van der Waals surface area (Å²) in [6.07, 6.45) is 3.43. The summed E-state index contributed by atoms with van der Waals surface area (Å²) >= 11 is 0. The number of sulfonamides is 1. The summed E-state index contributed by atoms with van der Waals surface area (Å²) in [7, 11) is -3.49. The van der Waals surface area contributed by atoms with Crippen LogP contribution < -0.4 is 4.72 Å². The monoisotopic (exact) mass is 315 g/mol. The maximum Gasteiger partial charge on any atom is 0.241 e. The number of rotatable bonds is 4. The Kier molecular flexibility index (Phi) is 4.06. The minimum absolute atomic E-state index is 0.239. The van der Waals surface area contributed by atoms with Crippen molar-refractivity contribution in [2.45, 2.75) is 44.0 Å². The molecular formula is C18H21NO2S. The van der Waals surface area contributed by atoms with E-state index >= 15 is 0 Å².